The minimum atomic E-state index is -0.621. The largest absolute Gasteiger partial charge is 0.459 e. The molecule has 0 aromatic heterocycles. The van der Waals surface area contributed by atoms with Crippen molar-refractivity contribution in [2.24, 2.45) is 46.3 Å². The third-order valence-corrected chi connectivity index (χ3v) is 17.1. The van der Waals surface area contributed by atoms with Gasteiger partial charge in [-0.1, -0.05) is 32.9 Å². The molecule has 11 unspecified atom stereocenters. The summed E-state index contributed by atoms with van der Waals surface area (Å²) >= 11 is 0. The van der Waals surface area contributed by atoms with Gasteiger partial charge in [0.1, 0.15) is 16.8 Å². The Bertz CT molecular complexity index is 1900. The Morgan fingerprint density at radius 3 is 1.77 bits per heavy atom. The lowest BCUT2D eigenvalue weighted by atomic mass is 9.43. The standard InChI is InChI=1S/C57H95N5O9/c1-38(44-18-19-45-52-46(22-24-57(44,45)12)56(11)23-21-43(63)32-40(56)33-47(52)64)13-20-48(65)59-41-16-14-39(15-17-41)31-42(58-34-49(66)69-53(2,3)4)35-60-25-27-61(36-50(67)70-54(5,6)7)29-30-62(28-26-60)37-51(68)71-55(8,9)10/h14-17,38,40,42-47,52,58,63-64H,13,18-37H2,1-12H3,(H,59,65). The summed E-state index contributed by atoms with van der Waals surface area (Å²) in [4.78, 5) is 59.1. The van der Waals surface area contributed by atoms with Crippen LogP contribution in [0.25, 0.3) is 0 Å². The lowest BCUT2D eigenvalue weighted by molar-refractivity contribution is -0.174. The topological polar surface area (TPSA) is 170 Å². The van der Waals surface area contributed by atoms with E-state index >= 15 is 0 Å². The average molecular weight is 994 g/mol. The number of nitrogens with one attached hydrogen (secondary N) is 2. The third-order valence-electron chi connectivity index (χ3n) is 17.1. The fourth-order valence-corrected chi connectivity index (χ4v) is 13.9. The van der Waals surface area contributed by atoms with E-state index in [4.69, 9.17) is 14.2 Å². The van der Waals surface area contributed by atoms with Gasteiger partial charge in [-0.3, -0.25) is 33.9 Å². The van der Waals surface area contributed by atoms with Gasteiger partial charge in [-0.2, -0.15) is 0 Å². The Labute approximate surface area is 427 Å². The second kappa shape index (κ2) is 23.6. The van der Waals surface area contributed by atoms with Crippen molar-refractivity contribution in [2.75, 3.05) is 70.8 Å². The molecular formula is C57H95N5O9. The molecule has 5 fully saturated rings. The molecule has 1 aliphatic heterocycles. The second-order valence-electron chi connectivity index (χ2n) is 26.1. The Kier molecular flexibility index (Phi) is 19.0. The average Bonchev–Trinajstić information content (AvgIpc) is 3.63. The van der Waals surface area contributed by atoms with Crippen molar-refractivity contribution in [3.05, 3.63) is 29.8 Å². The quantitative estimate of drug-likeness (QED) is 0.0951. The van der Waals surface area contributed by atoms with Crippen LogP contribution in [0.4, 0.5) is 5.69 Å². The van der Waals surface area contributed by atoms with Crippen molar-refractivity contribution in [1.29, 1.82) is 0 Å². The van der Waals surface area contributed by atoms with Gasteiger partial charge in [-0.15, -0.1) is 0 Å². The summed E-state index contributed by atoms with van der Waals surface area (Å²) in [7, 11) is 0. The predicted octanol–water partition coefficient (Wildman–Crippen LogP) is 7.48. The monoisotopic (exact) mass is 994 g/mol. The van der Waals surface area contributed by atoms with E-state index in [-0.39, 0.29) is 72.5 Å². The molecule has 1 aromatic carbocycles. The van der Waals surface area contributed by atoms with Crippen molar-refractivity contribution >= 4 is 29.5 Å². The van der Waals surface area contributed by atoms with Crippen LogP contribution in [0.2, 0.25) is 0 Å². The lowest BCUT2D eigenvalue weighted by Crippen LogP contribution is -2.58. The number of hydrogen-bond acceptors (Lipinski definition) is 13. The Balaban J connectivity index is 1.06. The lowest BCUT2D eigenvalue weighted by Gasteiger charge is -2.62. The smallest absolute Gasteiger partial charge is 0.320 e. The molecule has 5 aliphatic rings. The highest BCUT2D eigenvalue weighted by molar-refractivity contribution is 5.90. The summed E-state index contributed by atoms with van der Waals surface area (Å²) < 4.78 is 17.0. The molecule has 4 saturated carbocycles. The van der Waals surface area contributed by atoms with E-state index in [0.29, 0.717) is 94.2 Å². The Morgan fingerprint density at radius 2 is 1.21 bits per heavy atom. The minimum absolute atomic E-state index is 0.0143. The van der Waals surface area contributed by atoms with E-state index in [0.717, 1.165) is 62.6 Å². The molecule has 1 aromatic rings. The van der Waals surface area contributed by atoms with Gasteiger partial charge < -0.3 is 35.1 Å². The van der Waals surface area contributed by atoms with Crippen LogP contribution in [-0.2, 0) is 39.8 Å². The summed E-state index contributed by atoms with van der Waals surface area (Å²) in [6.07, 6.45) is 9.63. The van der Waals surface area contributed by atoms with Crippen LogP contribution >= 0.6 is 0 Å². The molecule has 4 N–H and O–H groups in total. The van der Waals surface area contributed by atoms with Crippen molar-refractivity contribution in [1.82, 2.24) is 20.0 Å². The first kappa shape index (κ1) is 57.1. The van der Waals surface area contributed by atoms with E-state index in [9.17, 15) is 29.4 Å². The molecular weight excluding hydrogens is 899 g/mol. The van der Waals surface area contributed by atoms with Gasteiger partial charge in [-0.05, 0) is 191 Å². The number of nitrogens with zero attached hydrogens (tertiary/aromatic N) is 3. The van der Waals surface area contributed by atoms with Crippen LogP contribution in [0, 0.1) is 46.3 Å². The normalized spacial score (nSPS) is 31.1. The summed E-state index contributed by atoms with van der Waals surface area (Å²) in [6.45, 7) is 28.7. The van der Waals surface area contributed by atoms with Crippen LogP contribution in [-0.4, -0.2) is 149 Å². The highest BCUT2D eigenvalue weighted by atomic mass is 16.6. The van der Waals surface area contributed by atoms with E-state index in [2.05, 4.69) is 46.1 Å². The number of aliphatic hydroxyl groups excluding tert-OH is 2. The summed E-state index contributed by atoms with van der Waals surface area (Å²) in [6, 6.07) is 7.84. The molecule has 0 bridgehead atoms. The molecule has 14 heteroatoms. The minimum Gasteiger partial charge on any atom is -0.459 e. The van der Waals surface area contributed by atoms with E-state index in [1.807, 2.05) is 86.6 Å². The molecule has 1 amide bonds. The number of rotatable bonds is 16. The van der Waals surface area contributed by atoms with Crippen LogP contribution in [0.15, 0.2) is 24.3 Å². The second-order valence-corrected chi connectivity index (χ2v) is 26.1. The zero-order chi connectivity index (χ0) is 52.1. The highest BCUT2D eigenvalue weighted by Gasteiger charge is 2.63. The van der Waals surface area contributed by atoms with Gasteiger partial charge in [0, 0.05) is 64.0 Å². The van der Waals surface area contributed by atoms with Crippen LogP contribution in [0.5, 0.6) is 0 Å². The Hall–Kier alpha value is -3.14. The number of carbonyl (C=O) groups excluding carboxylic acids is 4. The first-order valence-electron chi connectivity index (χ1n) is 27.4. The first-order valence-corrected chi connectivity index (χ1v) is 27.4. The molecule has 11 atom stereocenters. The van der Waals surface area contributed by atoms with E-state index in [1.165, 1.54) is 6.42 Å². The third kappa shape index (κ3) is 16.2. The zero-order valence-corrected chi connectivity index (χ0v) is 45.9. The number of fused-ring (bicyclic) bond motifs is 5. The summed E-state index contributed by atoms with van der Waals surface area (Å²) in [5, 5.41) is 28.9. The van der Waals surface area contributed by atoms with Gasteiger partial charge in [0.2, 0.25) is 5.91 Å². The highest BCUT2D eigenvalue weighted by Crippen LogP contribution is 2.68. The molecule has 71 heavy (non-hydrogen) atoms. The summed E-state index contributed by atoms with van der Waals surface area (Å²) in [5.74, 6) is 1.79. The van der Waals surface area contributed by atoms with Gasteiger partial charge in [0.15, 0.2) is 0 Å². The summed E-state index contributed by atoms with van der Waals surface area (Å²) in [5.41, 5.74) is 0.347. The fourth-order valence-electron chi connectivity index (χ4n) is 13.9. The first-order chi connectivity index (χ1) is 33.1. The molecule has 1 heterocycles. The fraction of sp³-hybridized carbons (Fsp3) is 0.825. The maximum absolute atomic E-state index is 13.5. The van der Waals surface area contributed by atoms with Crippen LogP contribution in [0.1, 0.15) is 153 Å². The number of anilines is 1. The van der Waals surface area contributed by atoms with Crippen LogP contribution < -0.4 is 10.6 Å². The molecule has 4 aliphatic carbocycles. The van der Waals surface area contributed by atoms with Crippen molar-refractivity contribution in [2.45, 2.75) is 189 Å². The van der Waals surface area contributed by atoms with Crippen molar-refractivity contribution < 1.29 is 43.6 Å². The van der Waals surface area contributed by atoms with Crippen molar-refractivity contribution in [3.63, 3.8) is 0 Å². The SMILES string of the molecule is CC(CCC(=O)Nc1ccc(CC(CN2CCN(CC(=O)OC(C)(C)C)CCN(CC(=O)OC(C)(C)C)CC2)NCC(=O)OC(C)(C)C)cc1)C1CCC2C3C(O)CC4CC(O)CCC4(C)C3CCC12C. The van der Waals surface area contributed by atoms with Gasteiger partial charge in [0.05, 0.1) is 31.8 Å². The molecule has 402 valence electrons. The van der Waals surface area contributed by atoms with Crippen molar-refractivity contribution in [3.8, 4) is 0 Å². The molecule has 0 radical (unpaired) electrons. The van der Waals surface area contributed by atoms with Gasteiger partial charge in [0.25, 0.3) is 0 Å². The number of ether oxygens (including phenoxy) is 3. The van der Waals surface area contributed by atoms with E-state index in [1.54, 1.807) is 0 Å². The zero-order valence-electron chi connectivity index (χ0n) is 45.9. The molecule has 0 spiro atoms. The number of hydrogen-bond donors (Lipinski definition) is 4. The number of carbonyl (C=O) groups is 4. The van der Waals surface area contributed by atoms with E-state index < -0.39 is 16.8 Å². The number of amides is 1. The molecule has 1 saturated heterocycles. The number of esters is 3. The van der Waals surface area contributed by atoms with Crippen LogP contribution in [0.3, 0.4) is 0 Å². The predicted molar refractivity (Wildman–Crippen MR) is 278 cm³/mol. The van der Waals surface area contributed by atoms with Gasteiger partial charge in [-0.25, -0.2) is 0 Å². The maximum Gasteiger partial charge on any atom is 0.320 e. The number of benzene rings is 1. The van der Waals surface area contributed by atoms with Gasteiger partial charge >= 0.3 is 17.9 Å². The Morgan fingerprint density at radius 1 is 0.690 bits per heavy atom. The molecule has 6 rings (SSSR count). The molecule has 14 nitrogen and oxygen atoms in total. The number of aliphatic hydroxyl groups is 2. The maximum atomic E-state index is 13.5.